The first-order valence-electron chi connectivity index (χ1n) is 6.14. The van der Waals surface area contributed by atoms with Crippen molar-refractivity contribution in [2.45, 2.75) is 33.8 Å². The van der Waals surface area contributed by atoms with Gasteiger partial charge in [0.15, 0.2) is 0 Å². The number of nitrogens with zero attached hydrogens (tertiary/aromatic N) is 2. The van der Waals surface area contributed by atoms with Crippen LogP contribution in [0.2, 0.25) is 0 Å². The summed E-state index contributed by atoms with van der Waals surface area (Å²) in [5.41, 5.74) is 1.84. The molecule has 0 saturated carbocycles. The monoisotopic (exact) mass is 287 g/mol. The fraction of sp³-hybridized carbons (Fsp3) is 0.615. The van der Waals surface area contributed by atoms with E-state index in [4.69, 9.17) is 4.74 Å². The smallest absolute Gasteiger partial charge is 0.369 e. The SMILES string of the molecule is CN=CN/C(C)=C(/C)N(C/C(C)=C(/C)OC)C(O)(O)O. The van der Waals surface area contributed by atoms with Crippen LogP contribution in [0.5, 0.6) is 0 Å². The van der Waals surface area contributed by atoms with E-state index in [1.54, 1.807) is 34.7 Å². The molecule has 0 bridgehead atoms. The largest absolute Gasteiger partial charge is 0.501 e. The van der Waals surface area contributed by atoms with Crippen molar-refractivity contribution in [1.29, 1.82) is 0 Å². The molecular formula is C13H25N3O4. The van der Waals surface area contributed by atoms with Crippen LogP contribution in [0.25, 0.3) is 0 Å². The molecule has 4 N–H and O–H groups in total. The van der Waals surface area contributed by atoms with Gasteiger partial charge in [-0.2, -0.15) is 0 Å². The zero-order chi connectivity index (χ0) is 15.9. The second kappa shape index (κ2) is 7.88. The highest BCUT2D eigenvalue weighted by Crippen LogP contribution is 2.19. The van der Waals surface area contributed by atoms with Gasteiger partial charge in [-0.15, -0.1) is 0 Å². The van der Waals surface area contributed by atoms with Gasteiger partial charge in [0.2, 0.25) is 0 Å². The minimum absolute atomic E-state index is 0.0945. The van der Waals surface area contributed by atoms with Crippen molar-refractivity contribution >= 4 is 6.34 Å². The number of allylic oxidation sites excluding steroid dienone is 3. The molecule has 0 aromatic rings. The van der Waals surface area contributed by atoms with Crippen molar-refractivity contribution < 1.29 is 20.1 Å². The Morgan fingerprint density at radius 2 is 1.80 bits per heavy atom. The second-order valence-electron chi connectivity index (χ2n) is 4.47. The van der Waals surface area contributed by atoms with Gasteiger partial charge in [-0.05, 0) is 33.3 Å². The van der Waals surface area contributed by atoms with E-state index in [-0.39, 0.29) is 6.54 Å². The normalized spacial score (nSPS) is 14.8. The Bertz CT molecular complexity index is 408. The van der Waals surface area contributed by atoms with Crippen molar-refractivity contribution in [2.24, 2.45) is 4.99 Å². The van der Waals surface area contributed by atoms with E-state index in [0.717, 1.165) is 10.5 Å². The number of aliphatic hydroxyl groups is 3. The van der Waals surface area contributed by atoms with Crippen LogP contribution in [0, 0.1) is 0 Å². The lowest BCUT2D eigenvalue weighted by molar-refractivity contribution is -0.383. The molecule has 0 aromatic carbocycles. The van der Waals surface area contributed by atoms with Crippen LogP contribution in [-0.4, -0.2) is 53.4 Å². The van der Waals surface area contributed by atoms with E-state index in [9.17, 15) is 15.3 Å². The zero-order valence-corrected chi connectivity index (χ0v) is 12.9. The van der Waals surface area contributed by atoms with Crippen LogP contribution in [-0.2, 0) is 4.74 Å². The topological polar surface area (TPSA) is 97.6 Å². The molecule has 116 valence electrons. The molecule has 7 nitrogen and oxygen atoms in total. The van der Waals surface area contributed by atoms with Crippen LogP contribution in [0.3, 0.4) is 0 Å². The molecule has 0 aliphatic carbocycles. The number of aliphatic imine (C=N–C) groups is 1. The molecule has 20 heavy (non-hydrogen) atoms. The molecule has 0 spiro atoms. The number of hydrogen-bond donors (Lipinski definition) is 4. The van der Waals surface area contributed by atoms with Crippen LogP contribution < -0.4 is 5.32 Å². The Balaban J connectivity index is 5.39. The van der Waals surface area contributed by atoms with Gasteiger partial charge in [0.25, 0.3) is 0 Å². The number of rotatable bonds is 7. The lowest BCUT2D eigenvalue weighted by atomic mass is 10.2. The Morgan fingerprint density at radius 1 is 1.25 bits per heavy atom. The van der Waals surface area contributed by atoms with Crippen LogP contribution in [0.1, 0.15) is 27.7 Å². The van der Waals surface area contributed by atoms with Crippen LogP contribution in [0.4, 0.5) is 0 Å². The molecule has 0 unspecified atom stereocenters. The molecule has 0 saturated heterocycles. The maximum absolute atomic E-state index is 9.50. The summed E-state index contributed by atoms with van der Waals surface area (Å²) in [5.74, 6) is 0.646. The molecule has 0 radical (unpaired) electrons. The lowest BCUT2D eigenvalue weighted by Crippen LogP contribution is -2.49. The maximum Gasteiger partial charge on any atom is 0.369 e. The first-order valence-corrected chi connectivity index (χ1v) is 6.14. The predicted molar refractivity (Wildman–Crippen MR) is 77.4 cm³/mol. The van der Waals surface area contributed by atoms with Gasteiger partial charge in [0.1, 0.15) is 0 Å². The molecule has 7 heteroatoms. The van der Waals surface area contributed by atoms with Gasteiger partial charge >= 0.3 is 6.10 Å². The fourth-order valence-corrected chi connectivity index (χ4v) is 1.44. The number of nitrogens with one attached hydrogen (secondary N) is 1. The Labute approximate surface area is 119 Å². The summed E-state index contributed by atoms with van der Waals surface area (Å²) in [6.07, 6.45) is -1.50. The fourth-order valence-electron chi connectivity index (χ4n) is 1.44. The molecule has 0 aliphatic heterocycles. The van der Waals surface area contributed by atoms with E-state index in [1.165, 1.54) is 13.4 Å². The van der Waals surface area contributed by atoms with Crippen molar-refractivity contribution in [1.82, 2.24) is 10.2 Å². The predicted octanol–water partition coefficient (Wildman–Crippen LogP) is 0.316. The highest BCUT2D eigenvalue weighted by Gasteiger charge is 2.30. The minimum Gasteiger partial charge on any atom is -0.501 e. The van der Waals surface area contributed by atoms with E-state index in [2.05, 4.69) is 10.3 Å². The zero-order valence-electron chi connectivity index (χ0n) is 12.9. The van der Waals surface area contributed by atoms with E-state index in [1.807, 2.05) is 0 Å². The molecule has 0 fully saturated rings. The minimum atomic E-state index is -2.97. The molecule has 0 heterocycles. The average molecular weight is 287 g/mol. The Morgan fingerprint density at radius 3 is 2.20 bits per heavy atom. The second-order valence-corrected chi connectivity index (χ2v) is 4.47. The average Bonchev–Trinajstić information content (AvgIpc) is 2.38. The quantitative estimate of drug-likeness (QED) is 0.233. The third-order valence-corrected chi connectivity index (χ3v) is 3.02. The summed E-state index contributed by atoms with van der Waals surface area (Å²) in [6, 6.07) is 0. The van der Waals surface area contributed by atoms with Crippen molar-refractivity contribution in [3.8, 4) is 0 Å². The molecule has 0 amide bonds. The van der Waals surface area contributed by atoms with Gasteiger partial charge in [-0.3, -0.25) is 9.89 Å². The summed E-state index contributed by atoms with van der Waals surface area (Å²) in [7, 11) is 3.14. The van der Waals surface area contributed by atoms with Crippen molar-refractivity contribution in [3.05, 3.63) is 22.7 Å². The van der Waals surface area contributed by atoms with Crippen molar-refractivity contribution in [2.75, 3.05) is 20.7 Å². The molecular weight excluding hydrogens is 262 g/mol. The van der Waals surface area contributed by atoms with Crippen LogP contribution in [0.15, 0.2) is 27.7 Å². The Kier molecular flexibility index (Phi) is 7.26. The van der Waals surface area contributed by atoms with Gasteiger partial charge < -0.3 is 25.4 Å². The number of methoxy groups -OCH3 is 1. The molecule has 0 aliphatic rings. The third kappa shape index (κ3) is 5.60. The standard InChI is InChI=1S/C13H25N3O4/c1-9(12(4)20-6)7-16(13(17,18)19)11(3)10(2)15-8-14-5/h8,17-19H,7H2,1-6H3,(H,14,15)/b11-10-,12-9-. The summed E-state index contributed by atoms with van der Waals surface area (Å²) in [6.45, 7) is 7.02. The third-order valence-electron chi connectivity index (χ3n) is 3.02. The molecule has 0 rings (SSSR count). The van der Waals surface area contributed by atoms with Crippen molar-refractivity contribution in [3.63, 3.8) is 0 Å². The van der Waals surface area contributed by atoms with E-state index in [0.29, 0.717) is 17.2 Å². The molecule has 0 aromatic heterocycles. The number of hydrogen-bond acceptors (Lipinski definition) is 6. The number of ether oxygens (including phenoxy) is 1. The summed E-state index contributed by atoms with van der Waals surface area (Å²) < 4.78 is 5.09. The van der Waals surface area contributed by atoms with E-state index >= 15 is 0 Å². The highest BCUT2D eigenvalue weighted by atomic mass is 16.7. The molecule has 0 atom stereocenters. The Hall–Kier alpha value is -1.57. The first-order chi connectivity index (χ1) is 9.15. The summed E-state index contributed by atoms with van der Waals surface area (Å²) in [4.78, 5) is 4.81. The maximum atomic E-state index is 9.50. The van der Waals surface area contributed by atoms with Gasteiger partial charge in [0.05, 0.1) is 19.2 Å². The van der Waals surface area contributed by atoms with Gasteiger partial charge in [0, 0.05) is 25.0 Å². The van der Waals surface area contributed by atoms with Gasteiger partial charge in [-0.25, -0.2) is 0 Å². The van der Waals surface area contributed by atoms with Crippen LogP contribution >= 0.6 is 0 Å². The highest BCUT2D eigenvalue weighted by molar-refractivity contribution is 5.57. The van der Waals surface area contributed by atoms with Gasteiger partial charge in [-0.1, -0.05) is 0 Å². The summed E-state index contributed by atoms with van der Waals surface area (Å²) in [5, 5.41) is 31.4. The first kappa shape index (κ1) is 18.4. The lowest BCUT2D eigenvalue weighted by Gasteiger charge is -2.34. The summed E-state index contributed by atoms with van der Waals surface area (Å²) >= 11 is 0. The van der Waals surface area contributed by atoms with E-state index < -0.39 is 6.10 Å².